The standard InChI is InChI=1S/C23H22Cl2N2O/c24-15-11-12-18(20(25)13-15)22-14-19(17-9-5-6-10-21(17)27-22)23(28)26-16-7-3-1-2-4-8-16/h5-6,9-14,16H,1-4,7-8H2,(H,26,28). The normalized spacial score (nSPS) is 15.4. The van der Waals surface area contributed by atoms with Crippen molar-refractivity contribution in [3.63, 3.8) is 0 Å². The van der Waals surface area contributed by atoms with E-state index in [9.17, 15) is 4.79 Å². The minimum Gasteiger partial charge on any atom is -0.349 e. The number of rotatable bonds is 3. The van der Waals surface area contributed by atoms with Crippen molar-refractivity contribution in [2.45, 2.75) is 44.6 Å². The first-order chi connectivity index (χ1) is 13.6. The fourth-order valence-corrected chi connectivity index (χ4v) is 4.39. The Morgan fingerprint density at radius 1 is 0.964 bits per heavy atom. The Balaban J connectivity index is 1.75. The first-order valence-electron chi connectivity index (χ1n) is 9.78. The summed E-state index contributed by atoms with van der Waals surface area (Å²) < 4.78 is 0. The minimum absolute atomic E-state index is 0.0446. The second-order valence-electron chi connectivity index (χ2n) is 7.36. The number of aromatic nitrogens is 1. The number of hydrogen-bond donors (Lipinski definition) is 1. The molecule has 0 saturated heterocycles. The van der Waals surface area contributed by atoms with E-state index in [1.165, 1.54) is 25.7 Å². The van der Waals surface area contributed by atoms with Crippen LogP contribution in [0.5, 0.6) is 0 Å². The molecule has 0 unspecified atom stereocenters. The van der Waals surface area contributed by atoms with E-state index in [1.807, 2.05) is 36.4 Å². The average Bonchev–Trinajstić information content (AvgIpc) is 2.95. The maximum Gasteiger partial charge on any atom is 0.252 e. The molecule has 5 heteroatoms. The lowest BCUT2D eigenvalue weighted by atomic mass is 10.0. The average molecular weight is 413 g/mol. The Kier molecular flexibility index (Phi) is 5.84. The maximum atomic E-state index is 13.2. The molecule has 1 aromatic heterocycles. The second kappa shape index (κ2) is 8.50. The highest BCUT2D eigenvalue weighted by Gasteiger charge is 2.19. The number of para-hydroxylation sites is 1. The first-order valence-corrected chi connectivity index (χ1v) is 10.5. The fourth-order valence-electron chi connectivity index (χ4n) is 3.89. The van der Waals surface area contributed by atoms with Crippen LogP contribution >= 0.6 is 23.2 Å². The topological polar surface area (TPSA) is 42.0 Å². The summed E-state index contributed by atoms with van der Waals surface area (Å²) in [5.74, 6) is -0.0446. The van der Waals surface area contributed by atoms with Gasteiger partial charge in [-0.05, 0) is 43.2 Å². The largest absolute Gasteiger partial charge is 0.349 e. The third-order valence-corrected chi connectivity index (χ3v) is 5.91. The van der Waals surface area contributed by atoms with Gasteiger partial charge in [0.1, 0.15) is 0 Å². The molecule has 1 saturated carbocycles. The third-order valence-electron chi connectivity index (χ3n) is 5.36. The van der Waals surface area contributed by atoms with Gasteiger partial charge in [0, 0.05) is 22.0 Å². The highest BCUT2D eigenvalue weighted by atomic mass is 35.5. The molecule has 0 atom stereocenters. The number of amides is 1. The molecule has 1 aliphatic carbocycles. The molecule has 2 aromatic carbocycles. The molecule has 3 aromatic rings. The number of halogens is 2. The number of carbonyl (C=O) groups excluding carboxylic acids is 1. The lowest BCUT2D eigenvalue weighted by molar-refractivity contribution is 0.0935. The van der Waals surface area contributed by atoms with E-state index in [0.717, 1.165) is 29.3 Å². The van der Waals surface area contributed by atoms with Gasteiger partial charge in [-0.15, -0.1) is 0 Å². The number of nitrogens with one attached hydrogen (secondary N) is 1. The summed E-state index contributed by atoms with van der Waals surface area (Å²) in [6.07, 6.45) is 6.95. The van der Waals surface area contributed by atoms with Gasteiger partial charge in [0.15, 0.2) is 0 Å². The summed E-state index contributed by atoms with van der Waals surface area (Å²) in [5, 5.41) is 5.19. The molecule has 28 heavy (non-hydrogen) atoms. The molecule has 1 amide bonds. The number of benzene rings is 2. The first kappa shape index (κ1) is 19.2. The zero-order chi connectivity index (χ0) is 19.5. The van der Waals surface area contributed by atoms with Crippen molar-refractivity contribution in [1.82, 2.24) is 10.3 Å². The highest BCUT2D eigenvalue weighted by Crippen LogP contribution is 2.32. The van der Waals surface area contributed by atoms with Crippen molar-refractivity contribution in [2.75, 3.05) is 0 Å². The smallest absolute Gasteiger partial charge is 0.252 e. The van der Waals surface area contributed by atoms with E-state index in [4.69, 9.17) is 28.2 Å². The van der Waals surface area contributed by atoms with Crippen LogP contribution in [0.1, 0.15) is 48.9 Å². The van der Waals surface area contributed by atoms with Crippen LogP contribution in [0.3, 0.4) is 0 Å². The quantitative estimate of drug-likeness (QED) is 0.488. The zero-order valence-corrected chi connectivity index (χ0v) is 17.1. The van der Waals surface area contributed by atoms with E-state index >= 15 is 0 Å². The van der Waals surface area contributed by atoms with Crippen LogP contribution in [0.2, 0.25) is 10.0 Å². The van der Waals surface area contributed by atoms with Crippen molar-refractivity contribution >= 4 is 40.0 Å². The molecule has 1 N–H and O–H groups in total. The van der Waals surface area contributed by atoms with E-state index in [1.54, 1.807) is 12.1 Å². The SMILES string of the molecule is O=C(NC1CCCCCC1)c1cc(-c2ccc(Cl)cc2Cl)nc2ccccc12. The van der Waals surface area contributed by atoms with Crippen molar-refractivity contribution in [3.8, 4) is 11.3 Å². The number of pyridine rings is 1. The molecule has 1 fully saturated rings. The van der Waals surface area contributed by atoms with Gasteiger partial charge in [-0.2, -0.15) is 0 Å². The predicted octanol–water partition coefficient (Wildman–Crippen LogP) is 6.66. The van der Waals surface area contributed by atoms with Crippen LogP contribution in [-0.2, 0) is 0 Å². The number of hydrogen-bond acceptors (Lipinski definition) is 2. The van der Waals surface area contributed by atoms with Crippen LogP contribution in [-0.4, -0.2) is 16.9 Å². The summed E-state index contributed by atoms with van der Waals surface area (Å²) in [4.78, 5) is 17.9. The predicted molar refractivity (Wildman–Crippen MR) is 116 cm³/mol. The van der Waals surface area contributed by atoms with Crippen molar-refractivity contribution in [3.05, 3.63) is 64.1 Å². The fraction of sp³-hybridized carbons (Fsp3) is 0.304. The van der Waals surface area contributed by atoms with E-state index in [0.29, 0.717) is 21.3 Å². The Morgan fingerprint density at radius 3 is 2.46 bits per heavy atom. The maximum absolute atomic E-state index is 13.2. The lowest BCUT2D eigenvalue weighted by Gasteiger charge is -2.17. The molecule has 0 aliphatic heterocycles. The molecular weight excluding hydrogens is 391 g/mol. The van der Waals surface area contributed by atoms with E-state index < -0.39 is 0 Å². The van der Waals surface area contributed by atoms with Crippen molar-refractivity contribution in [2.24, 2.45) is 0 Å². The summed E-state index contributed by atoms with van der Waals surface area (Å²) in [5.41, 5.74) is 2.85. The van der Waals surface area contributed by atoms with Gasteiger partial charge in [0.2, 0.25) is 0 Å². The number of fused-ring (bicyclic) bond motifs is 1. The van der Waals surface area contributed by atoms with Crippen LogP contribution in [0.4, 0.5) is 0 Å². The molecule has 4 rings (SSSR count). The Bertz CT molecular complexity index is 1010. The van der Waals surface area contributed by atoms with E-state index in [2.05, 4.69) is 5.32 Å². The molecular formula is C23H22Cl2N2O. The number of nitrogens with zero attached hydrogens (tertiary/aromatic N) is 1. The molecule has 3 nitrogen and oxygen atoms in total. The van der Waals surface area contributed by atoms with Crippen molar-refractivity contribution < 1.29 is 4.79 Å². The number of carbonyl (C=O) groups is 1. The lowest BCUT2D eigenvalue weighted by Crippen LogP contribution is -2.34. The third kappa shape index (κ3) is 4.16. The molecule has 1 heterocycles. The monoisotopic (exact) mass is 412 g/mol. The summed E-state index contributed by atoms with van der Waals surface area (Å²) >= 11 is 12.4. The summed E-state index contributed by atoms with van der Waals surface area (Å²) in [6, 6.07) is 15.1. The zero-order valence-electron chi connectivity index (χ0n) is 15.6. The van der Waals surface area contributed by atoms with Gasteiger partial charge in [0.05, 0.1) is 21.8 Å². The Morgan fingerprint density at radius 2 is 1.71 bits per heavy atom. The summed E-state index contributed by atoms with van der Waals surface area (Å²) in [7, 11) is 0. The highest BCUT2D eigenvalue weighted by molar-refractivity contribution is 6.36. The van der Waals surface area contributed by atoms with Crippen LogP contribution in [0.25, 0.3) is 22.2 Å². The second-order valence-corrected chi connectivity index (χ2v) is 8.20. The summed E-state index contributed by atoms with van der Waals surface area (Å²) in [6.45, 7) is 0. The van der Waals surface area contributed by atoms with Gasteiger partial charge >= 0.3 is 0 Å². The molecule has 144 valence electrons. The molecule has 0 bridgehead atoms. The molecule has 1 aliphatic rings. The van der Waals surface area contributed by atoms with E-state index in [-0.39, 0.29) is 11.9 Å². The van der Waals surface area contributed by atoms with Gasteiger partial charge in [-0.3, -0.25) is 4.79 Å². The molecule has 0 radical (unpaired) electrons. The van der Waals surface area contributed by atoms with Gasteiger partial charge in [-0.25, -0.2) is 4.98 Å². The Labute approximate surface area is 175 Å². The van der Waals surface area contributed by atoms with Crippen LogP contribution in [0, 0.1) is 0 Å². The van der Waals surface area contributed by atoms with Crippen molar-refractivity contribution in [1.29, 1.82) is 0 Å². The van der Waals surface area contributed by atoms with Gasteiger partial charge < -0.3 is 5.32 Å². The van der Waals surface area contributed by atoms with Crippen LogP contribution in [0.15, 0.2) is 48.5 Å². The van der Waals surface area contributed by atoms with Gasteiger partial charge in [0.25, 0.3) is 5.91 Å². The molecule has 0 spiro atoms. The minimum atomic E-state index is -0.0446. The Hall–Kier alpha value is -2.10. The van der Waals surface area contributed by atoms with Crippen LogP contribution < -0.4 is 5.32 Å². The van der Waals surface area contributed by atoms with Gasteiger partial charge in [-0.1, -0.05) is 67.1 Å².